The topological polar surface area (TPSA) is 33.1 Å². The average molecular weight is 236 g/mol. The number of aromatic nitrogens is 2. The number of hydrogen-bond donors (Lipinski definition) is 1. The van der Waals surface area contributed by atoms with Gasteiger partial charge in [0.2, 0.25) is 0 Å². The van der Waals surface area contributed by atoms with E-state index in [2.05, 4.69) is 47.0 Å². The molecule has 0 unspecified atom stereocenters. The van der Waals surface area contributed by atoms with E-state index in [1.807, 2.05) is 0 Å². The summed E-state index contributed by atoms with van der Waals surface area (Å²) in [4.78, 5) is 2.45. The van der Waals surface area contributed by atoms with Gasteiger partial charge < -0.3 is 10.2 Å². The molecule has 1 aromatic heterocycles. The largest absolute Gasteiger partial charge is 0.310 e. The van der Waals surface area contributed by atoms with Crippen LogP contribution in [0.15, 0.2) is 6.07 Å². The molecule has 17 heavy (non-hydrogen) atoms. The van der Waals surface area contributed by atoms with Crippen molar-refractivity contribution in [3.63, 3.8) is 0 Å². The van der Waals surface area contributed by atoms with Gasteiger partial charge in [-0.2, -0.15) is 5.10 Å². The number of rotatable bonds is 7. The van der Waals surface area contributed by atoms with Gasteiger partial charge >= 0.3 is 0 Å². The van der Waals surface area contributed by atoms with Crippen molar-refractivity contribution >= 4 is 0 Å². The van der Waals surface area contributed by atoms with Crippen LogP contribution in [-0.4, -0.2) is 40.9 Å². The molecule has 1 N–H and O–H groups in total. The van der Waals surface area contributed by atoms with Crippen molar-refractivity contribution in [2.45, 2.75) is 45.8 Å². The van der Waals surface area contributed by atoms with Gasteiger partial charge in [-0.25, -0.2) is 0 Å². The number of aryl methyl sites for hydroxylation is 2. The Kier molecular flexibility index (Phi) is 4.18. The van der Waals surface area contributed by atoms with Crippen LogP contribution in [0.5, 0.6) is 0 Å². The third kappa shape index (κ3) is 3.54. The van der Waals surface area contributed by atoms with Gasteiger partial charge in [0.25, 0.3) is 0 Å². The Morgan fingerprint density at radius 2 is 2.29 bits per heavy atom. The lowest BCUT2D eigenvalue weighted by Gasteiger charge is -2.15. The van der Waals surface area contributed by atoms with Crippen LogP contribution in [0.25, 0.3) is 0 Å². The minimum atomic E-state index is 0.861. The molecule has 0 saturated heterocycles. The highest BCUT2D eigenvalue weighted by molar-refractivity contribution is 5.08. The summed E-state index contributed by atoms with van der Waals surface area (Å²) in [7, 11) is 2.22. The Morgan fingerprint density at radius 1 is 1.53 bits per heavy atom. The maximum absolute atomic E-state index is 4.45. The molecular formula is C13H24N4. The smallest absolute Gasteiger partial charge is 0.0597 e. The van der Waals surface area contributed by atoms with Gasteiger partial charge in [0.1, 0.15) is 0 Å². The van der Waals surface area contributed by atoms with E-state index < -0.39 is 0 Å². The van der Waals surface area contributed by atoms with Crippen molar-refractivity contribution in [1.82, 2.24) is 20.0 Å². The molecule has 96 valence electrons. The molecule has 0 aromatic carbocycles. The highest BCUT2D eigenvalue weighted by Crippen LogP contribution is 2.24. The van der Waals surface area contributed by atoms with E-state index >= 15 is 0 Å². The molecule has 4 nitrogen and oxygen atoms in total. The third-order valence-electron chi connectivity index (χ3n) is 3.40. The van der Waals surface area contributed by atoms with E-state index in [-0.39, 0.29) is 0 Å². The summed E-state index contributed by atoms with van der Waals surface area (Å²) >= 11 is 0. The summed E-state index contributed by atoms with van der Waals surface area (Å²) in [6.45, 7) is 8.26. The van der Waals surface area contributed by atoms with Crippen LogP contribution in [-0.2, 0) is 13.1 Å². The molecule has 1 aromatic rings. The standard InChI is InChI=1S/C13H24N4/c1-4-17-13(9-11(2)15-17)10-14-7-8-16(3)12-5-6-12/h9,12,14H,4-8,10H2,1-3H3. The van der Waals surface area contributed by atoms with Crippen molar-refractivity contribution in [2.75, 3.05) is 20.1 Å². The Labute approximate surface area is 104 Å². The minimum absolute atomic E-state index is 0.861. The first kappa shape index (κ1) is 12.6. The van der Waals surface area contributed by atoms with Crippen molar-refractivity contribution in [1.29, 1.82) is 0 Å². The van der Waals surface area contributed by atoms with E-state index in [1.54, 1.807) is 0 Å². The van der Waals surface area contributed by atoms with Gasteiger partial charge in [0, 0.05) is 32.2 Å². The lowest BCUT2D eigenvalue weighted by atomic mass is 10.3. The Morgan fingerprint density at radius 3 is 2.94 bits per heavy atom. The van der Waals surface area contributed by atoms with Gasteiger partial charge in [0.05, 0.1) is 11.4 Å². The first-order valence-corrected chi connectivity index (χ1v) is 6.65. The predicted molar refractivity (Wildman–Crippen MR) is 70.0 cm³/mol. The molecule has 1 aliphatic carbocycles. The molecule has 0 spiro atoms. The van der Waals surface area contributed by atoms with Gasteiger partial charge in [-0.05, 0) is 39.8 Å². The number of likely N-dealkylation sites (N-methyl/N-ethyl adjacent to an activating group) is 1. The molecule has 1 saturated carbocycles. The van der Waals surface area contributed by atoms with Crippen LogP contribution >= 0.6 is 0 Å². The van der Waals surface area contributed by atoms with Crippen LogP contribution in [0.3, 0.4) is 0 Å². The van der Waals surface area contributed by atoms with Crippen molar-refractivity contribution < 1.29 is 0 Å². The molecule has 2 rings (SSSR count). The van der Waals surface area contributed by atoms with Gasteiger partial charge in [0.15, 0.2) is 0 Å². The molecular weight excluding hydrogens is 212 g/mol. The molecule has 0 atom stereocenters. The molecule has 1 aliphatic rings. The average Bonchev–Trinajstić information content (AvgIpc) is 3.09. The molecule has 4 heteroatoms. The van der Waals surface area contributed by atoms with E-state index in [0.29, 0.717) is 0 Å². The Bertz CT molecular complexity index is 354. The number of nitrogens with zero attached hydrogens (tertiary/aromatic N) is 3. The Hall–Kier alpha value is -0.870. The summed E-state index contributed by atoms with van der Waals surface area (Å²) in [6.07, 6.45) is 2.77. The van der Waals surface area contributed by atoms with E-state index in [1.165, 1.54) is 18.5 Å². The number of hydrogen-bond acceptors (Lipinski definition) is 3. The molecule has 0 amide bonds. The lowest BCUT2D eigenvalue weighted by Crippen LogP contribution is -2.30. The monoisotopic (exact) mass is 236 g/mol. The van der Waals surface area contributed by atoms with Crippen molar-refractivity contribution in [3.8, 4) is 0 Å². The molecule has 1 heterocycles. The van der Waals surface area contributed by atoms with E-state index in [0.717, 1.165) is 37.9 Å². The fraction of sp³-hybridized carbons (Fsp3) is 0.769. The first-order chi connectivity index (χ1) is 8.20. The fourth-order valence-corrected chi connectivity index (χ4v) is 2.18. The summed E-state index contributed by atoms with van der Waals surface area (Å²) in [5.74, 6) is 0. The zero-order chi connectivity index (χ0) is 12.3. The maximum atomic E-state index is 4.45. The highest BCUT2D eigenvalue weighted by atomic mass is 15.3. The van der Waals surface area contributed by atoms with Crippen LogP contribution in [0.2, 0.25) is 0 Å². The molecule has 0 radical (unpaired) electrons. The van der Waals surface area contributed by atoms with Gasteiger partial charge in [-0.1, -0.05) is 0 Å². The van der Waals surface area contributed by atoms with Crippen molar-refractivity contribution in [2.24, 2.45) is 0 Å². The molecule has 0 bridgehead atoms. The van der Waals surface area contributed by atoms with Crippen LogP contribution < -0.4 is 5.32 Å². The van der Waals surface area contributed by atoms with Gasteiger partial charge in [-0.15, -0.1) is 0 Å². The maximum Gasteiger partial charge on any atom is 0.0597 e. The van der Waals surface area contributed by atoms with E-state index in [4.69, 9.17) is 0 Å². The molecule has 0 aliphatic heterocycles. The summed E-state index contributed by atoms with van der Waals surface area (Å²) in [5.41, 5.74) is 2.40. The highest BCUT2D eigenvalue weighted by Gasteiger charge is 2.25. The van der Waals surface area contributed by atoms with Crippen molar-refractivity contribution in [3.05, 3.63) is 17.5 Å². The second-order valence-corrected chi connectivity index (χ2v) is 4.98. The minimum Gasteiger partial charge on any atom is -0.310 e. The normalized spacial score (nSPS) is 15.8. The second kappa shape index (κ2) is 5.65. The lowest BCUT2D eigenvalue weighted by molar-refractivity contribution is 0.321. The first-order valence-electron chi connectivity index (χ1n) is 6.65. The zero-order valence-electron chi connectivity index (χ0n) is 11.2. The molecule has 1 fully saturated rings. The third-order valence-corrected chi connectivity index (χ3v) is 3.40. The van der Waals surface area contributed by atoms with Gasteiger partial charge in [-0.3, -0.25) is 4.68 Å². The fourth-order valence-electron chi connectivity index (χ4n) is 2.18. The Balaban J connectivity index is 1.69. The predicted octanol–water partition coefficient (Wildman–Crippen LogP) is 1.40. The quantitative estimate of drug-likeness (QED) is 0.726. The van der Waals surface area contributed by atoms with Crippen LogP contribution in [0.1, 0.15) is 31.2 Å². The second-order valence-electron chi connectivity index (χ2n) is 4.98. The van der Waals surface area contributed by atoms with E-state index in [9.17, 15) is 0 Å². The zero-order valence-corrected chi connectivity index (χ0v) is 11.2. The number of nitrogens with one attached hydrogen (secondary N) is 1. The van der Waals surface area contributed by atoms with Crippen LogP contribution in [0, 0.1) is 6.92 Å². The van der Waals surface area contributed by atoms with Crippen LogP contribution in [0.4, 0.5) is 0 Å². The summed E-state index contributed by atoms with van der Waals surface area (Å²) < 4.78 is 2.08. The summed E-state index contributed by atoms with van der Waals surface area (Å²) in [6, 6.07) is 3.03. The SMILES string of the molecule is CCn1nc(C)cc1CNCCN(C)C1CC1. The summed E-state index contributed by atoms with van der Waals surface area (Å²) in [5, 5.41) is 7.95.